The molecule has 1 N–H and O–H groups in total. The van der Waals surface area contributed by atoms with Crippen LogP contribution in [0.4, 0.5) is 0 Å². The van der Waals surface area contributed by atoms with Crippen LogP contribution < -0.4 is 19.5 Å². The van der Waals surface area contributed by atoms with Gasteiger partial charge >= 0.3 is 0 Å². The normalized spacial score (nSPS) is 10.4. The van der Waals surface area contributed by atoms with E-state index in [2.05, 4.69) is 17.4 Å². The van der Waals surface area contributed by atoms with Crippen molar-refractivity contribution in [2.45, 2.75) is 19.6 Å². The van der Waals surface area contributed by atoms with Crippen molar-refractivity contribution in [3.05, 3.63) is 86.4 Å². The molecule has 172 valence electrons. The van der Waals surface area contributed by atoms with Crippen LogP contribution in [0.1, 0.15) is 16.7 Å². The van der Waals surface area contributed by atoms with Gasteiger partial charge in [-0.15, -0.1) is 12.4 Å². The summed E-state index contributed by atoms with van der Waals surface area (Å²) in [4.78, 5) is 0. The summed E-state index contributed by atoms with van der Waals surface area (Å²) in [7, 11) is 3.26. The standard InChI is InChI=1S/C24H24Cl3NO3.ClH/c1-29-20-7-3-16(4-8-20)9-10-28-14-17-11-22(27)24(23(12-17)30-2)31-15-18-5-6-19(25)13-21(18)26;/h3-8,11-13,28H,9-10,14-15H2,1-2H3;1H. The molecule has 8 heteroatoms. The molecule has 4 nitrogen and oxygen atoms in total. The second-order valence-corrected chi connectivity index (χ2v) is 8.16. The molecule has 0 aromatic heterocycles. The van der Waals surface area contributed by atoms with Gasteiger partial charge in [-0.05, 0) is 60.5 Å². The lowest BCUT2D eigenvalue weighted by Gasteiger charge is -2.15. The number of halogens is 4. The van der Waals surface area contributed by atoms with Crippen LogP contribution in [0, 0.1) is 0 Å². The molecular weight excluding hydrogens is 492 g/mol. The number of rotatable bonds is 10. The fourth-order valence-corrected chi connectivity index (χ4v) is 3.81. The summed E-state index contributed by atoms with van der Waals surface area (Å²) in [6.45, 7) is 1.75. The van der Waals surface area contributed by atoms with Gasteiger partial charge in [0.15, 0.2) is 11.5 Å². The molecule has 3 aromatic carbocycles. The molecule has 0 atom stereocenters. The molecule has 0 unspecified atom stereocenters. The van der Waals surface area contributed by atoms with Crippen LogP contribution in [0.25, 0.3) is 0 Å². The van der Waals surface area contributed by atoms with Crippen molar-refractivity contribution in [2.24, 2.45) is 0 Å². The van der Waals surface area contributed by atoms with Crippen molar-refractivity contribution in [3.8, 4) is 17.2 Å². The Bertz CT molecular complexity index is 1010. The van der Waals surface area contributed by atoms with Crippen LogP contribution in [-0.2, 0) is 19.6 Å². The highest BCUT2D eigenvalue weighted by Crippen LogP contribution is 2.37. The van der Waals surface area contributed by atoms with Gasteiger partial charge in [0.2, 0.25) is 0 Å². The maximum Gasteiger partial charge on any atom is 0.180 e. The van der Waals surface area contributed by atoms with Gasteiger partial charge in [-0.3, -0.25) is 0 Å². The van der Waals surface area contributed by atoms with Gasteiger partial charge in [-0.25, -0.2) is 0 Å². The molecule has 0 aliphatic rings. The van der Waals surface area contributed by atoms with Crippen LogP contribution in [-0.4, -0.2) is 20.8 Å². The van der Waals surface area contributed by atoms with Gasteiger partial charge in [0.1, 0.15) is 12.4 Å². The second kappa shape index (κ2) is 13.0. The summed E-state index contributed by atoms with van der Waals surface area (Å²) in [5.74, 6) is 1.92. The first-order valence-corrected chi connectivity index (χ1v) is 10.9. The first-order chi connectivity index (χ1) is 15.0. The molecule has 3 aromatic rings. The summed E-state index contributed by atoms with van der Waals surface area (Å²) in [6.07, 6.45) is 0.915. The van der Waals surface area contributed by atoms with E-state index in [0.717, 1.165) is 29.8 Å². The predicted octanol–water partition coefficient (Wildman–Crippen LogP) is 7.00. The van der Waals surface area contributed by atoms with Crippen molar-refractivity contribution in [2.75, 3.05) is 20.8 Å². The molecule has 0 aliphatic heterocycles. The van der Waals surface area contributed by atoms with Gasteiger partial charge in [0.25, 0.3) is 0 Å². The maximum atomic E-state index is 6.48. The van der Waals surface area contributed by atoms with E-state index < -0.39 is 0 Å². The van der Waals surface area contributed by atoms with Gasteiger partial charge in [0.05, 0.1) is 19.2 Å². The minimum Gasteiger partial charge on any atom is -0.497 e. The van der Waals surface area contributed by atoms with E-state index in [4.69, 9.17) is 49.0 Å². The lowest BCUT2D eigenvalue weighted by molar-refractivity contribution is 0.284. The minimum atomic E-state index is 0. The first-order valence-electron chi connectivity index (χ1n) is 9.77. The largest absolute Gasteiger partial charge is 0.497 e. The first kappa shape index (κ1) is 26.4. The maximum absolute atomic E-state index is 6.48. The van der Waals surface area contributed by atoms with Crippen molar-refractivity contribution in [1.29, 1.82) is 0 Å². The van der Waals surface area contributed by atoms with E-state index in [9.17, 15) is 0 Å². The Hall–Kier alpha value is -1.82. The zero-order chi connectivity index (χ0) is 22.2. The minimum absolute atomic E-state index is 0. The zero-order valence-electron chi connectivity index (χ0n) is 17.8. The van der Waals surface area contributed by atoms with Crippen LogP contribution in [0.2, 0.25) is 15.1 Å². The van der Waals surface area contributed by atoms with E-state index in [0.29, 0.717) is 33.1 Å². The SMILES string of the molecule is COc1ccc(CCNCc2cc(Cl)c(OCc3ccc(Cl)cc3Cl)c(OC)c2)cc1.Cl. The van der Waals surface area contributed by atoms with E-state index in [1.807, 2.05) is 30.3 Å². The van der Waals surface area contributed by atoms with Crippen LogP contribution in [0.3, 0.4) is 0 Å². The number of hydrogen-bond acceptors (Lipinski definition) is 4. The van der Waals surface area contributed by atoms with Crippen LogP contribution >= 0.6 is 47.2 Å². The molecule has 0 spiro atoms. The molecule has 0 fully saturated rings. The summed E-state index contributed by atoms with van der Waals surface area (Å²) in [5, 5.41) is 5.03. The quantitative estimate of drug-likeness (QED) is 0.294. The molecule has 0 aliphatic carbocycles. The van der Waals surface area contributed by atoms with Gasteiger partial charge in [0, 0.05) is 22.2 Å². The fraction of sp³-hybridized carbons (Fsp3) is 0.250. The summed E-state index contributed by atoms with van der Waals surface area (Å²) in [5.41, 5.74) is 3.07. The third-order valence-corrected chi connectivity index (χ3v) is 5.62. The van der Waals surface area contributed by atoms with E-state index in [1.165, 1.54) is 5.56 Å². The third kappa shape index (κ3) is 7.36. The molecular formula is C24H25Cl4NO3. The number of hydrogen-bond donors (Lipinski definition) is 1. The predicted molar refractivity (Wildman–Crippen MR) is 134 cm³/mol. The topological polar surface area (TPSA) is 39.7 Å². The van der Waals surface area contributed by atoms with E-state index in [-0.39, 0.29) is 19.0 Å². The average molecular weight is 517 g/mol. The van der Waals surface area contributed by atoms with Crippen molar-refractivity contribution in [3.63, 3.8) is 0 Å². The lowest BCUT2D eigenvalue weighted by atomic mass is 10.1. The zero-order valence-corrected chi connectivity index (χ0v) is 20.9. The number of nitrogens with one attached hydrogen (secondary N) is 1. The number of benzene rings is 3. The molecule has 0 heterocycles. The Morgan fingerprint density at radius 1 is 0.812 bits per heavy atom. The second-order valence-electron chi connectivity index (χ2n) is 6.91. The third-order valence-electron chi connectivity index (χ3n) is 4.75. The highest BCUT2D eigenvalue weighted by molar-refractivity contribution is 6.35. The molecule has 0 bridgehead atoms. The molecule has 0 radical (unpaired) electrons. The monoisotopic (exact) mass is 515 g/mol. The van der Waals surface area contributed by atoms with Crippen LogP contribution in [0.15, 0.2) is 54.6 Å². The van der Waals surface area contributed by atoms with Gasteiger partial charge in [-0.2, -0.15) is 0 Å². The van der Waals surface area contributed by atoms with Gasteiger partial charge < -0.3 is 19.5 Å². The summed E-state index contributed by atoms with van der Waals surface area (Å²) >= 11 is 18.7. The van der Waals surface area contributed by atoms with Gasteiger partial charge in [-0.1, -0.05) is 53.0 Å². The molecule has 0 amide bonds. The lowest BCUT2D eigenvalue weighted by Crippen LogP contribution is -2.16. The Morgan fingerprint density at radius 2 is 1.56 bits per heavy atom. The number of ether oxygens (including phenoxy) is 3. The summed E-state index contributed by atoms with van der Waals surface area (Å²) in [6, 6.07) is 17.2. The molecule has 32 heavy (non-hydrogen) atoms. The number of methoxy groups -OCH3 is 2. The van der Waals surface area contributed by atoms with E-state index in [1.54, 1.807) is 26.4 Å². The molecule has 0 saturated carbocycles. The van der Waals surface area contributed by atoms with Crippen molar-refractivity contribution < 1.29 is 14.2 Å². The summed E-state index contributed by atoms with van der Waals surface area (Å²) < 4.78 is 16.6. The Labute approximate surface area is 210 Å². The fourth-order valence-electron chi connectivity index (χ4n) is 3.06. The molecule has 3 rings (SSSR count). The van der Waals surface area contributed by atoms with Crippen LogP contribution in [0.5, 0.6) is 17.2 Å². The van der Waals surface area contributed by atoms with Crippen molar-refractivity contribution >= 4 is 47.2 Å². The van der Waals surface area contributed by atoms with Crippen molar-refractivity contribution in [1.82, 2.24) is 5.32 Å². The van der Waals surface area contributed by atoms with E-state index >= 15 is 0 Å². The molecule has 0 saturated heterocycles. The Balaban J connectivity index is 0.00000363. The highest BCUT2D eigenvalue weighted by atomic mass is 35.5. The smallest absolute Gasteiger partial charge is 0.180 e. The average Bonchev–Trinajstić information content (AvgIpc) is 2.77. The Morgan fingerprint density at radius 3 is 2.22 bits per heavy atom. The Kier molecular flexibility index (Phi) is 10.8. The highest BCUT2D eigenvalue weighted by Gasteiger charge is 2.13.